The summed E-state index contributed by atoms with van der Waals surface area (Å²) in [5.74, 6) is 0.0731. The van der Waals surface area contributed by atoms with Gasteiger partial charge in [0.1, 0.15) is 10.4 Å². The number of thiophene rings is 1. The van der Waals surface area contributed by atoms with Gasteiger partial charge in [0, 0.05) is 20.7 Å². The van der Waals surface area contributed by atoms with E-state index in [2.05, 4.69) is 10.3 Å². The fourth-order valence-corrected chi connectivity index (χ4v) is 4.86. The van der Waals surface area contributed by atoms with E-state index in [9.17, 15) is 4.79 Å². The molecule has 3 aromatic carbocycles. The summed E-state index contributed by atoms with van der Waals surface area (Å²) in [6.45, 7) is 0. The van der Waals surface area contributed by atoms with E-state index >= 15 is 0 Å². The van der Waals surface area contributed by atoms with E-state index in [1.807, 2.05) is 24.3 Å². The first-order valence-electron chi connectivity index (χ1n) is 8.84. The minimum atomic E-state index is -0.329. The van der Waals surface area contributed by atoms with Crippen LogP contribution in [0.2, 0.25) is 15.1 Å². The van der Waals surface area contributed by atoms with Crippen molar-refractivity contribution in [3.63, 3.8) is 0 Å². The average Bonchev–Trinajstić information content (AvgIpc) is 3.31. The number of hydrogen-bond donors (Lipinski definition) is 1. The Morgan fingerprint density at radius 3 is 2.67 bits per heavy atom. The van der Waals surface area contributed by atoms with Crippen molar-refractivity contribution < 1.29 is 9.21 Å². The fraction of sp³-hybridized carbons (Fsp3) is 0. The fourth-order valence-electron chi connectivity index (χ4n) is 3.12. The molecule has 8 heteroatoms. The van der Waals surface area contributed by atoms with Gasteiger partial charge in [0.15, 0.2) is 5.58 Å². The number of halogens is 3. The molecule has 1 amide bonds. The third kappa shape index (κ3) is 3.44. The molecule has 2 heterocycles. The van der Waals surface area contributed by atoms with Crippen LogP contribution in [0.5, 0.6) is 0 Å². The third-order valence-corrected chi connectivity index (χ3v) is 6.79. The summed E-state index contributed by atoms with van der Waals surface area (Å²) in [6.07, 6.45) is 0. The van der Waals surface area contributed by atoms with Gasteiger partial charge in [-0.3, -0.25) is 4.79 Å². The van der Waals surface area contributed by atoms with Crippen LogP contribution in [0.1, 0.15) is 9.67 Å². The Bertz CT molecular complexity index is 1440. The quantitative estimate of drug-likeness (QED) is 0.289. The van der Waals surface area contributed by atoms with Gasteiger partial charge < -0.3 is 9.73 Å². The molecule has 0 saturated carbocycles. The Balaban J connectivity index is 1.49. The van der Waals surface area contributed by atoms with Gasteiger partial charge in [-0.1, -0.05) is 53.0 Å². The molecule has 0 bridgehead atoms. The first kappa shape index (κ1) is 19.4. The van der Waals surface area contributed by atoms with Crippen LogP contribution in [0, 0.1) is 0 Å². The summed E-state index contributed by atoms with van der Waals surface area (Å²) in [4.78, 5) is 17.8. The van der Waals surface area contributed by atoms with E-state index in [0.717, 1.165) is 10.1 Å². The van der Waals surface area contributed by atoms with Gasteiger partial charge in [0.2, 0.25) is 5.89 Å². The Morgan fingerprint density at radius 1 is 1.00 bits per heavy atom. The molecular formula is C22H11Cl3N2O2S. The number of hydrogen-bond acceptors (Lipinski definition) is 4. The zero-order valence-electron chi connectivity index (χ0n) is 15.1. The van der Waals surface area contributed by atoms with Crippen LogP contribution in [0.25, 0.3) is 32.6 Å². The molecule has 5 rings (SSSR count). The average molecular weight is 474 g/mol. The van der Waals surface area contributed by atoms with E-state index in [1.54, 1.807) is 36.4 Å². The summed E-state index contributed by atoms with van der Waals surface area (Å²) in [6, 6.07) is 18.0. The lowest BCUT2D eigenvalue weighted by atomic mass is 10.2. The van der Waals surface area contributed by atoms with Gasteiger partial charge >= 0.3 is 0 Å². The monoisotopic (exact) mass is 472 g/mol. The number of oxazole rings is 1. The van der Waals surface area contributed by atoms with Crippen LogP contribution in [-0.2, 0) is 0 Å². The van der Waals surface area contributed by atoms with Crippen molar-refractivity contribution in [1.29, 1.82) is 0 Å². The van der Waals surface area contributed by atoms with Crippen LogP contribution < -0.4 is 5.32 Å². The molecule has 0 radical (unpaired) electrons. The van der Waals surface area contributed by atoms with Gasteiger partial charge in [-0.25, -0.2) is 4.98 Å². The molecule has 0 atom stereocenters. The molecule has 148 valence electrons. The second-order valence-electron chi connectivity index (χ2n) is 6.52. The van der Waals surface area contributed by atoms with Gasteiger partial charge in [-0.2, -0.15) is 0 Å². The minimum absolute atomic E-state index is 0.329. The summed E-state index contributed by atoms with van der Waals surface area (Å²) < 4.78 is 6.75. The van der Waals surface area contributed by atoms with Gasteiger partial charge in [-0.15, -0.1) is 11.3 Å². The summed E-state index contributed by atoms with van der Waals surface area (Å²) in [5, 5.41) is 5.09. The predicted octanol–water partition coefficient (Wildman–Crippen LogP) is 7.92. The number of carbonyl (C=O) groups is 1. The van der Waals surface area contributed by atoms with E-state index < -0.39 is 0 Å². The van der Waals surface area contributed by atoms with E-state index in [0.29, 0.717) is 48.2 Å². The predicted molar refractivity (Wildman–Crippen MR) is 124 cm³/mol. The maximum atomic E-state index is 12.9. The number of nitrogens with one attached hydrogen (secondary N) is 1. The SMILES string of the molecule is O=C(Nc1cc(-c2nc3cc(Cl)ccc3o2)ccc1Cl)c1sc2ccccc2c1Cl. The number of amides is 1. The summed E-state index contributed by atoms with van der Waals surface area (Å²) in [7, 11) is 0. The molecule has 0 unspecified atom stereocenters. The molecule has 0 aliphatic heterocycles. The zero-order valence-corrected chi connectivity index (χ0v) is 18.2. The molecule has 1 N–H and O–H groups in total. The highest BCUT2D eigenvalue weighted by atomic mass is 35.5. The number of benzene rings is 3. The Hall–Kier alpha value is -2.57. The smallest absolute Gasteiger partial charge is 0.267 e. The van der Waals surface area contributed by atoms with Crippen molar-refractivity contribution in [2.75, 3.05) is 5.32 Å². The normalized spacial score (nSPS) is 11.3. The van der Waals surface area contributed by atoms with Crippen LogP contribution in [0.4, 0.5) is 5.69 Å². The van der Waals surface area contributed by atoms with Crippen molar-refractivity contribution >= 4 is 78.9 Å². The number of carbonyl (C=O) groups excluding carboxylic acids is 1. The first-order chi connectivity index (χ1) is 14.5. The molecule has 0 aliphatic rings. The molecule has 5 aromatic rings. The number of nitrogens with zero attached hydrogens (tertiary/aromatic N) is 1. The molecule has 0 saturated heterocycles. The molecule has 0 fully saturated rings. The van der Waals surface area contributed by atoms with Crippen molar-refractivity contribution in [2.24, 2.45) is 0 Å². The lowest BCUT2D eigenvalue weighted by Crippen LogP contribution is -2.11. The van der Waals surface area contributed by atoms with Crippen molar-refractivity contribution in [3.8, 4) is 11.5 Å². The van der Waals surface area contributed by atoms with Crippen molar-refractivity contribution in [2.45, 2.75) is 0 Å². The van der Waals surface area contributed by atoms with Crippen molar-refractivity contribution in [1.82, 2.24) is 4.98 Å². The molecule has 0 spiro atoms. The second kappa shape index (κ2) is 7.60. The summed E-state index contributed by atoms with van der Waals surface area (Å²) >= 11 is 20.1. The highest BCUT2D eigenvalue weighted by Gasteiger charge is 2.19. The second-order valence-corrected chi connectivity index (χ2v) is 8.79. The largest absolute Gasteiger partial charge is 0.436 e. The molecule has 4 nitrogen and oxygen atoms in total. The first-order valence-corrected chi connectivity index (χ1v) is 10.8. The van der Waals surface area contributed by atoms with E-state index in [1.165, 1.54) is 11.3 Å². The zero-order chi connectivity index (χ0) is 20.8. The molecule has 2 aromatic heterocycles. The van der Waals surface area contributed by atoms with Crippen LogP contribution in [0.15, 0.2) is 65.1 Å². The van der Waals surface area contributed by atoms with Gasteiger partial charge in [0.25, 0.3) is 5.91 Å². The Morgan fingerprint density at radius 2 is 1.83 bits per heavy atom. The van der Waals surface area contributed by atoms with Gasteiger partial charge in [-0.05, 0) is 42.5 Å². The molecule has 30 heavy (non-hydrogen) atoms. The topological polar surface area (TPSA) is 55.1 Å². The number of fused-ring (bicyclic) bond motifs is 2. The maximum absolute atomic E-state index is 12.9. The Kier molecular flexibility index (Phi) is 4.91. The van der Waals surface area contributed by atoms with Crippen LogP contribution in [0.3, 0.4) is 0 Å². The molecular weight excluding hydrogens is 463 g/mol. The summed E-state index contributed by atoms with van der Waals surface area (Å²) in [5.41, 5.74) is 2.37. The Labute approximate surface area is 190 Å². The van der Waals surface area contributed by atoms with Crippen LogP contribution >= 0.6 is 46.1 Å². The van der Waals surface area contributed by atoms with Gasteiger partial charge in [0.05, 0.1) is 15.7 Å². The third-order valence-electron chi connectivity index (χ3n) is 4.55. The number of anilines is 1. The lowest BCUT2D eigenvalue weighted by Gasteiger charge is -2.08. The number of aromatic nitrogens is 1. The minimum Gasteiger partial charge on any atom is -0.436 e. The highest BCUT2D eigenvalue weighted by Crippen LogP contribution is 2.37. The molecule has 0 aliphatic carbocycles. The number of rotatable bonds is 3. The van der Waals surface area contributed by atoms with E-state index in [-0.39, 0.29) is 5.91 Å². The van der Waals surface area contributed by atoms with E-state index in [4.69, 9.17) is 39.2 Å². The van der Waals surface area contributed by atoms with Crippen LogP contribution in [-0.4, -0.2) is 10.9 Å². The van der Waals surface area contributed by atoms with Crippen molar-refractivity contribution in [3.05, 3.63) is 80.6 Å². The standard InChI is InChI=1S/C22H11Cl3N2O2S/c23-12-6-8-17-16(10-12)27-22(29-17)11-5-7-14(24)15(9-11)26-21(28)20-19(25)13-3-1-2-4-18(13)30-20/h1-10H,(H,26,28). The lowest BCUT2D eigenvalue weighted by molar-refractivity contribution is 0.103. The highest BCUT2D eigenvalue weighted by molar-refractivity contribution is 7.21. The maximum Gasteiger partial charge on any atom is 0.267 e.